The van der Waals surface area contributed by atoms with E-state index in [1.165, 1.54) is 0 Å². The number of hydrogen-bond donors (Lipinski definition) is 3. The fraction of sp³-hybridized carbons (Fsp3) is 0.500. The lowest BCUT2D eigenvalue weighted by Crippen LogP contribution is -2.35. The Morgan fingerprint density at radius 1 is 1.27 bits per heavy atom. The molecule has 0 spiro atoms. The van der Waals surface area contributed by atoms with E-state index >= 15 is 0 Å². The van der Waals surface area contributed by atoms with Gasteiger partial charge in [-0.15, -0.1) is 0 Å². The molecule has 0 aliphatic carbocycles. The number of ether oxygens (including phenoxy) is 1. The molecule has 22 heavy (non-hydrogen) atoms. The molecular formula is C16H23N3O3. The van der Waals surface area contributed by atoms with E-state index < -0.39 is 17.4 Å². The fourth-order valence-corrected chi connectivity index (χ4v) is 2.41. The lowest BCUT2D eigenvalue weighted by Gasteiger charge is -2.21. The van der Waals surface area contributed by atoms with Crippen LogP contribution in [0.3, 0.4) is 0 Å². The number of carbonyl (C=O) groups excluding carboxylic acids is 2. The molecule has 0 bridgehead atoms. The van der Waals surface area contributed by atoms with Gasteiger partial charge in [0.05, 0.1) is 11.5 Å². The van der Waals surface area contributed by atoms with Crippen LogP contribution in [0.25, 0.3) is 0 Å². The molecule has 5 N–H and O–H groups in total. The van der Waals surface area contributed by atoms with Gasteiger partial charge in [-0.25, -0.2) is 0 Å². The first-order valence-electron chi connectivity index (χ1n) is 7.41. The van der Waals surface area contributed by atoms with Crippen molar-refractivity contribution in [3.8, 4) is 0 Å². The third-order valence-electron chi connectivity index (χ3n) is 4.15. The van der Waals surface area contributed by atoms with Crippen molar-refractivity contribution in [3.05, 3.63) is 29.8 Å². The predicted molar refractivity (Wildman–Crippen MR) is 84.2 cm³/mol. The third kappa shape index (κ3) is 3.45. The van der Waals surface area contributed by atoms with E-state index in [1.807, 2.05) is 0 Å². The molecular weight excluding hydrogens is 282 g/mol. The van der Waals surface area contributed by atoms with Crippen molar-refractivity contribution in [1.29, 1.82) is 0 Å². The highest BCUT2D eigenvalue weighted by Gasteiger charge is 2.30. The van der Waals surface area contributed by atoms with Crippen LogP contribution in [0, 0.1) is 0 Å². The van der Waals surface area contributed by atoms with Crippen molar-refractivity contribution < 1.29 is 14.3 Å². The molecule has 6 nitrogen and oxygen atoms in total. The summed E-state index contributed by atoms with van der Waals surface area (Å²) in [6.07, 6.45) is 1.01. The summed E-state index contributed by atoms with van der Waals surface area (Å²) in [5.41, 5.74) is 11.7. The van der Waals surface area contributed by atoms with Gasteiger partial charge in [-0.05, 0) is 44.4 Å². The molecule has 0 unspecified atom stereocenters. The summed E-state index contributed by atoms with van der Waals surface area (Å²) in [7, 11) is 0. The second-order valence-electron chi connectivity index (χ2n) is 6.12. The van der Waals surface area contributed by atoms with Gasteiger partial charge in [-0.1, -0.05) is 12.1 Å². The largest absolute Gasteiger partial charge is 0.369 e. The van der Waals surface area contributed by atoms with Crippen LogP contribution in [0.4, 0.5) is 5.69 Å². The summed E-state index contributed by atoms with van der Waals surface area (Å²) >= 11 is 0. The lowest BCUT2D eigenvalue weighted by molar-refractivity contribution is -0.126. The van der Waals surface area contributed by atoms with Gasteiger partial charge in [0, 0.05) is 12.2 Å². The number of carbonyl (C=O) groups is 2. The number of hydrogen-bond acceptors (Lipinski definition) is 4. The third-order valence-corrected chi connectivity index (χ3v) is 4.15. The smallest absolute Gasteiger partial charge is 0.253 e. The maximum atomic E-state index is 12.1. The zero-order valence-electron chi connectivity index (χ0n) is 13.0. The van der Waals surface area contributed by atoms with Crippen LogP contribution in [-0.4, -0.2) is 30.6 Å². The second kappa shape index (κ2) is 6.46. The summed E-state index contributed by atoms with van der Waals surface area (Å²) in [6, 6.07) is 7.09. The minimum absolute atomic E-state index is 0.0329. The molecule has 1 aliphatic heterocycles. The Morgan fingerprint density at radius 2 is 1.91 bits per heavy atom. The van der Waals surface area contributed by atoms with Crippen LogP contribution in [0.2, 0.25) is 0 Å². The summed E-state index contributed by atoms with van der Waals surface area (Å²) in [4.78, 5) is 23.6. The molecule has 0 radical (unpaired) electrons. The van der Waals surface area contributed by atoms with E-state index in [0.29, 0.717) is 18.7 Å². The van der Waals surface area contributed by atoms with E-state index in [2.05, 4.69) is 5.32 Å². The molecule has 0 aromatic heterocycles. The first-order chi connectivity index (χ1) is 10.3. The number of nitrogens with one attached hydrogen (secondary N) is 1. The molecule has 120 valence electrons. The molecule has 2 amide bonds. The molecule has 6 heteroatoms. The van der Waals surface area contributed by atoms with Crippen molar-refractivity contribution >= 4 is 17.5 Å². The monoisotopic (exact) mass is 305 g/mol. The number of amides is 2. The van der Waals surface area contributed by atoms with Gasteiger partial charge in [-0.3, -0.25) is 9.59 Å². The van der Waals surface area contributed by atoms with Crippen LogP contribution in [0.15, 0.2) is 24.3 Å². The van der Waals surface area contributed by atoms with Gasteiger partial charge < -0.3 is 21.5 Å². The lowest BCUT2D eigenvalue weighted by atomic mass is 9.84. The van der Waals surface area contributed by atoms with E-state index in [9.17, 15) is 9.59 Å². The average Bonchev–Trinajstić information content (AvgIpc) is 2.96. The van der Waals surface area contributed by atoms with Gasteiger partial charge in [0.25, 0.3) is 5.91 Å². The minimum atomic E-state index is -0.745. The van der Waals surface area contributed by atoms with Crippen LogP contribution in [-0.2, 0) is 19.7 Å². The zero-order chi connectivity index (χ0) is 16.3. The Labute approximate surface area is 130 Å². The van der Waals surface area contributed by atoms with E-state index in [4.69, 9.17) is 16.2 Å². The number of anilines is 1. The first-order valence-corrected chi connectivity index (χ1v) is 7.41. The Balaban J connectivity index is 2.00. The van der Waals surface area contributed by atoms with Gasteiger partial charge >= 0.3 is 0 Å². The summed E-state index contributed by atoms with van der Waals surface area (Å²) in [6.45, 7) is 3.96. The SMILES string of the molecule is CC(C)(C(N)=O)c1ccc(NC(=O)[C@@H]2CC[C@H](CN)O2)cc1. The summed E-state index contributed by atoms with van der Waals surface area (Å²) in [5.74, 6) is -0.561. The normalized spacial score (nSPS) is 21.6. The van der Waals surface area contributed by atoms with E-state index in [0.717, 1.165) is 12.0 Å². The molecule has 1 heterocycles. The van der Waals surface area contributed by atoms with Crippen LogP contribution in [0.1, 0.15) is 32.3 Å². The molecule has 1 aromatic carbocycles. The summed E-state index contributed by atoms with van der Waals surface area (Å²) in [5, 5.41) is 2.82. The molecule has 2 rings (SSSR count). The van der Waals surface area contributed by atoms with E-state index in [1.54, 1.807) is 38.1 Å². The maximum Gasteiger partial charge on any atom is 0.253 e. The van der Waals surface area contributed by atoms with Crippen molar-refractivity contribution in [2.75, 3.05) is 11.9 Å². The summed E-state index contributed by atoms with van der Waals surface area (Å²) < 4.78 is 5.56. The first kappa shape index (κ1) is 16.5. The van der Waals surface area contributed by atoms with Crippen LogP contribution >= 0.6 is 0 Å². The number of primary amides is 1. The fourth-order valence-electron chi connectivity index (χ4n) is 2.41. The van der Waals surface area contributed by atoms with Crippen molar-refractivity contribution in [1.82, 2.24) is 0 Å². The zero-order valence-corrected chi connectivity index (χ0v) is 13.0. The maximum absolute atomic E-state index is 12.1. The van der Waals surface area contributed by atoms with Crippen molar-refractivity contribution in [3.63, 3.8) is 0 Å². The van der Waals surface area contributed by atoms with Crippen molar-refractivity contribution in [2.24, 2.45) is 11.5 Å². The van der Waals surface area contributed by atoms with Crippen LogP contribution < -0.4 is 16.8 Å². The van der Waals surface area contributed by atoms with Crippen LogP contribution in [0.5, 0.6) is 0 Å². The molecule has 1 aliphatic rings. The highest BCUT2D eigenvalue weighted by Crippen LogP contribution is 2.25. The second-order valence-corrected chi connectivity index (χ2v) is 6.12. The van der Waals surface area contributed by atoms with Gasteiger partial charge in [-0.2, -0.15) is 0 Å². The van der Waals surface area contributed by atoms with Crippen molar-refractivity contribution in [2.45, 2.75) is 44.3 Å². The molecule has 1 saturated heterocycles. The number of nitrogens with two attached hydrogens (primary N) is 2. The van der Waals surface area contributed by atoms with Gasteiger partial charge in [0.1, 0.15) is 6.10 Å². The highest BCUT2D eigenvalue weighted by molar-refractivity contribution is 5.94. The van der Waals surface area contributed by atoms with Gasteiger partial charge in [0.15, 0.2) is 0 Å². The predicted octanol–water partition coefficient (Wildman–Crippen LogP) is 0.894. The minimum Gasteiger partial charge on any atom is -0.369 e. The topological polar surface area (TPSA) is 107 Å². The Kier molecular flexibility index (Phi) is 4.83. The molecule has 1 aromatic rings. The standard InChI is InChI=1S/C16H23N3O3/c1-16(2,15(18)21)10-3-5-11(6-4-10)19-14(20)13-8-7-12(9-17)22-13/h3-6,12-13H,7-9,17H2,1-2H3,(H2,18,21)(H,19,20)/t12-,13+/m1/s1. The molecule has 1 fully saturated rings. The molecule has 2 atom stereocenters. The molecule has 0 saturated carbocycles. The van der Waals surface area contributed by atoms with Gasteiger partial charge in [0.2, 0.25) is 5.91 Å². The number of benzene rings is 1. The average molecular weight is 305 g/mol. The highest BCUT2D eigenvalue weighted by atomic mass is 16.5. The van der Waals surface area contributed by atoms with E-state index in [-0.39, 0.29) is 12.0 Å². The Morgan fingerprint density at radius 3 is 2.41 bits per heavy atom. The Bertz CT molecular complexity index is 554. The number of rotatable bonds is 5. The quantitative estimate of drug-likeness (QED) is 0.751. The Hall–Kier alpha value is -1.92.